The van der Waals surface area contributed by atoms with E-state index in [0.29, 0.717) is 37.1 Å². The molecule has 0 bridgehead atoms. The van der Waals surface area contributed by atoms with Gasteiger partial charge in [-0.2, -0.15) is 32.1 Å². The molecule has 0 aliphatic carbocycles. The predicted octanol–water partition coefficient (Wildman–Crippen LogP) is 3.94. The molecule has 0 saturated heterocycles. The Morgan fingerprint density at radius 3 is 2.55 bits per heavy atom. The van der Waals surface area contributed by atoms with Gasteiger partial charge in [0.1, 0.15) is 11.4 Å². The molecule has 3 aromatic heterocycles. The number of carbonyl (C=O) groups excluding carboxylic acids is 1. The largest absolute Gasteiger partial charge is 0.435 e. The fourth-order valence-electron chi connectivity index (χ4n) is 3.83. The molecule has 0 aromatic carbocycles. The Balaban J connectivity index is 1.52. The van der Waals surface area contributed by atoms with Crippen LogP contribution in [0, 0.1) is 0 Å². The van der Waals surface area contributed by atoms with E-state index in [2.05, 4.69) is 20.5 Å². The average molecular weight is 468 g/mol. The number of aromatic nitrogens is 5. The van der Waals surface area contributed by atoms with Crippen LogP contribution in [0.15, 0.2) is 30.5 Å². The van der Waals surface area contributed by atoms with E-state index in [1.54, 1.807) is 16.8 Å². The van der Waals surface area contributed by atoms with Gasteiger partial charge in [-0.05, 0) is 31.0 Å². The monoisotopic (exact) mass is 468 g/mol. The van der Waals surface area contributed by atoms with Crippen LogP contribution in [-0.4, -0.2) is 36.5 Å². The Kier molecular flexibility index (Phi) is 5.71. The Bertz CT molecular complexity index is 1180. The van der Waals surface area contributed by atoms with Crippen LogP contribution < -0.4 is 5.32 Å². The molecule has 1 amide bonds. The van der Waals surface area contributed by atoms with Crippen molar-refractivity contribution >= 4 is 5.91 Å². The molecule has 0 radical (unpaired) electrons. The van der Waals surface area contributed by atoms with E-state index in [0.717, 1.165) is 23.4 Å². The van der Waals surface area contributed by atoms with Crippen LogP contribution in [0.5, 0.6) is 0 Å². The summed E-state index contributed by atoms with van der Waals surface area (Å²) in [5.41, 5.74) is 0.111. The van der Waals surface area contributed by atoms with Crippen molar-refractivity contribution in [3.05, 3.63) is 53.2 Å². The van der Waals surface area contributed by atoms with Crippen molar-refractivity contribution < 1.29 is 26.7 Å². The summed E-state index contributed by atoms with van der Waals surface area (Å²) in [5, 5.41) is 10.7. The lowest BCUT2D eigenvalue weighted by Gasteiger charge is -2.16. The summed E-state index contributed by atoms with van der Waals surface area (Å²) < 4.78 is 68.6. The van der Waals surface area contributed by atoms with Gasteiger partial charge in [-0.1, -0.05) is 0 Å². The highest BCUT2D eigenvalue weighted by atomic mass is 19.4. The molecule has 176 valence electrons. The molecule has 4 rings (SSSR count). The molecule has 1 unspecified atom stereocenters. The van der Waals surface area contributed by atoms with Crippen molar-refractivity contribution in [1.29, 1.82) is 0 Å². The number of halogens is 5. The maximum atomic E-state index is 13.6. The molecular weight excluding hydrogens is 447 g/mol. The zero-order valence-corrected chi connectivity index (χ0v) is 17.8. The molecule has 12 heteroatoms. The standard InChI is InChI=1S/C21H21F5N6O/c1-20(22,23)17-8-12(5-6-27-17)15-10-14-9-13(4-3-7-32(14)29-15)28-19(33)16-11-18(21(24,25)26)30-31(16)2/h5-6,8,10-11,13H,3-4,7,9H2,1-2H3,(H,28,33). The fraction of sp³-hybridized carbons (Fsp3) is 0.429. The van der Waals surface area contributed by atoms with Crippen LogP contribution in [0.1, 0.15) is 47.3 Å². The topological polar surface area (TPSA) is 77.6 Å². The number of carbonyl (C=O) groups is 1. The molecule has 1 atom stereocenters. The van der Waals surface area contributed by atoms with E-state index < -0.39 is 23.7 Å². The lowest BCUT2D eigenvalue weighted by Crippen LogP contribution is -2.37. The van der Waals surface area contributed by atoms with Crippen molar-refractivity contribution in [2.24, 2.45) is 7.05 Å². The molecule has 3 aromatic rings. The highest BCUT2D eigenvalue weighted by Gasteiger charge is 2.35. The molecule has 4 heterocycles. The van der Waals surface area contributed by atoms with Gasteiger partial charge in [0.2, 0.25) is 0 Å². The number of nitrogens with one attached hydrogen (secondary N) is 1. The number of nitrogens with zero attached hydrogens (tertiary/aromatic N) is 5. The Morgan fingerprint density at radius 2 is 1.88 bits per heavy atom. The quantitative estimate of drug-likeness (QED) is 0.589. The number of pyridine rings is 1. The lowest BCUT2D eigenvalue weighted by atomic mass is 10.1. The van der Waals surface area contributed by atoms with E-state index in [-0.39, 0.29) is 17.4 Å². The van der Waals surface area contributed by atoms with Gasteiger partial charge in [-0.15, -0.1) is 0 Å². The highest BCUT2D eigenvalue weighted by Crippen LogP contribution is 2.30. The SMILES string of the molecule is Cn1nc(C(F)(F)F)cc1C(=O)NC1CCCn2nc(-c3ccnc(C(C)(F)F)c3)cc2C1. The number of aryl methyl sites for hydroxylation is 2. The van der Waals surface area contributed by atoms with Gasteiger partial charge in [-0.3, -0.25) is 19.1 Å². The zero-order chi connectivity index (χ0) is 24.0. The molecule has 33 heavy (non-hydrogen) atoms. The van der Waals surface area contributed by atoms with Gasteiger partial charge in [0.15, 0.2) is 5.69 Å². The minimum Gasteiger partial charge on any atom is -0.348 e. The van der Waals surface area contributed by atoms with Gasteiger partial charge >= 0.3 is 6.18 Å². The Morgan fingerprint density at radius 1 is 1.12 bits per heavy atom. The van der Waals surface area contributed by atoms with E-state index in [4.69, 9.17) is 0 Å². The van der Waals surface area contributed by atoms with Gasteiger partial charge in [0, 0.05) is 56.5 Å². The Labute approximate surface area is 185 Å². The first kappa shape index (κ1) is 22.9. The second-order valence-electron chi connectivity index (χ2n) is 8.12. The number of rotatable bonds is 4. The molecule has 1 N–H and O–H groups in total. The second-order valence-corrected chi connectivity index (χ2v) is 8.12. The third-order valence-corrected chi connectivity index (χ3v) is 5.48. The van der Waals surface area contributed by atoms with Gasteiger partial charge in [0.25, 0.3) is 11.8 Å². The maximum Gasteiger partial charge on any atom is 0.435 e. The van der Waals surface area contributed by atoms with Crippen molar-refractivity contribution in [2.75, 3.05) is 0 Å². The number of alkyl halides is 5. The van der Waals surface area contributed by atoms with Crippen LogP contribution in [-0.2, 0) is 32.1 Å². The lowest BCUT2D eigenvalue weighted by molar-refractivity contribution is -0.141. The summed E-state index contributed by atoms with van der Waals surface area (Å²) in [4.78, 5) is 16.3. The van der Waals surface area contributed by atoms with Crippen molar-refractivity contribution in [3.8, 4) is 11.3 Å². The molecule has 1 aliphatic rings. The minimum absolute atomic E-state index is 0.189. The minimum atomic E-state index is -4.64. The molecule has 0 saturated carbocycles. The normalized spacial score (nSPS) is 16.9. The van der Waals surface area contributed by atoms with Gasteiger partial charge in [0.05, 0.1) is 5.69 Å². The molecule has 7 nitrogen and oxygen atoms in total. The first-order chi connectivity index (χ1) is 15.4. The fourth-order valence-corrected chi connectivity index (χ4v) is 3.83. The number of hydrogen-bond donors (Lipinski definition) is 1. The summed E-state index contributed by atoms with van der Waals surface area (Å²) in [5.74, 6) is -3.73. The van der Waals surface area contributed by atoms with E-state index >= 15 is 0 Å². The second kappa shape index (κ2) is 8.23. The van der Waals surface area contributed by atoms with Crippen LogP contribution in [0.4, 0.5) is 22.0 Å². The van der Waals surface area contributed by atoms with Crippen molar-refractivity contribution in [3.63, 3.8) is 0 Å². The summed E-state index contributed by atoms with van der Waals surface area (Å²) in [7, 11) is 1.28. The number of hydrogen-bond acceptors (Lipinski definition) is 4. The van der Waals surface area contributed by atoms with Gasteiger partial charge in [-0.25, -0.2) is 0 Å². The summed E-state index contributed by atoms with van der Waals surface area (Å²) in [6.07, 6.45) is -1.66. The third kappa shape index (κ3) is 4.88. The summed E-state index contributed by atoms with van der Waals surface area (Å²) in [6, 6.07) is 5.04. The van der Waals surface area contributed by atoms with Crippen LogP contribution in [0.3, 0.4) is 0 Å². The first-order valence-corrected chi connectivity index (χ1v) is 10.3. The van der Waals surface area contributed by atoms with E-state index in [1.165, 1.54) is 19.3 Å². The molecule has 0 spiro atoms. The zero-order valence-electron chi connectivity index (χ0n) is 17.8. The van der Waals surface area contributed by atoms with E-state index in [9.17, 15) is 26.7 Å². The average Bonchev–Trinajstić information content (AvgIpc) is 3.26. The predicted molar refractivity (Wildman–Crippen MR) is 107 cm³/mol. The van der Waals surface area contributed by atoms with Gasteiger partial charge < -0.3 is 5.32 Å². The summed E-state index contributed by atoms with van der Waals surface area (Å²) in [6.45, 7) is 1.34. The van der Waals surface area contributed by atoms with Crippen LogP contribution >= 0.6 is 0 Å². The third-order valence-electron chi connectivity index (χ3n) is 5.48. The van der Waals surface area contributed by atoms with Crippen molar-refractivity contribution in [1.82, 2.24) is 29.9 Å². The first-order valence-electron chi connectivity index (χ1n) is 10.3. The highest BCUT2D eigenvalue weighted by molar-refractivity contribution is 5.92. The van der Waals surface area contributed by atoms with Crippen LogP contribution in [0.25, 0.3) is 11.3 Å². The molecule has 0 fully saturated rings. The Hall–Kier alpha value is -3.31. The van der Waals surface area contributed by atoms with Crippen molar-refractivity contribution in [2.45, 2.75) is 50.9 Å². The summed E-state index contributed by atoms with van der Waals surface area (Å²) >= 11 is 0. The maximum absolute atomic E-state index is 13.6. The smallest absolute Gasteiger partial charge is 0.348 e. The van der Waals surface area contributed by atoms with Crippen LogP contribution in [0.2, 0.25) is 0 Å². The number of fused-ring (bicyclic) bond motifs is 1. The molecular formula is C21H21F5N6O. The van der Waals surface area contributed by atoms with E-state index in [1.807, 2.05) is 0 Å². The number of amides is 1. The molecule has 1 aliphatic heterocycles.